The van der Waals surface area contributed by atoms with Gasteiger partial charge in [0, 0.05) is 5.38 Å². The molecule has 5 heteroatoms. The number of nitrogens with zero attached hydrogens (tertiary/aromatic N) is 1. The first kappa shape index (κ1) is 10.9. The Balaban J connectivity index is 2.22. The van der Waals surface area contributed by atoms with Gasteiger partial charge in [-0.1, -0.05) is 0 Å². The Kier molecular flexibility index (Phi) is 3.05. The van der Waals surface area contributed by atoms with E-state index in [0.29, 0.717) is 23.1 Å². The van der Waals surface area contributed by atoms with E-state index in [9.17, 15) is 4.79 Å². The van der Waals surface area contributed by atoms with Gasteiger partial charge >= 0.3 is 5.97 Å². The van der Waals surface area contributed by atoms with E-state index in [1.807, 2.05) is 19.1 Å². The monoisotopic (exact) mass is 237 g/mol. The van der Waals surface area contributed by atoms with Crippen molar-refractivity contribution in [3.05, 3.63) is 28.3 Å². The van der Waals surface area contributed by atoms with E-state index in [2.05, 4.69) is 4.98 Å². The third kappa shape index (κ3) is 2.14. The summed E-state index contributed by atoms with van der Waals surface area (Å²) in [6.07, 6.45) is 0. The fourth-order valence-electron chi connectivity index (χ4n) is 1.25. The van der Waals surface area contributed by atoms with Crippen molar-refractivity contribution < 1.29 is 13.9 Å². The lowest BCUT2D eigenvalue weighted by atomic mass is 10.3. The number of hydrogen-bond donors (Lipinski definition) is 0. The Hall–Kier alpha value is -1.62. The number of carbonyl (C=O) groups excluding carboxylic acids is 1. The van der Waals surface area contributed by atoms with Gasteiger partial charge in [0.15, 0.2) is 5.76 Å². The van der Waals surface area contributed by atoms with Gasteiger partial charge in [-0.25, -0.2) is 9.78 Å². The molecule has 0 unspecified atom stereocenters. The van der Waals surface area contributed by atoms with Crippen LogP contribution in [0.15, 0.2) is 21.9 Å². The van der Waals surface area contributed by atoms with E-state index in [4.69, 9.17) is 9.15 Å². The highest BCUT2D eigenvalue weighted by Crippen LogP contribution is 2.24. The summed E-state index contributed by atoms with van der Waals surface area (Å²) in [6.45, 7) is 3.98. The predicted octanol–water partition coefficient (Wildman–Crippen LogP) is 2.89. The fourth-order valence-corrected chi connectivity index (χ4v) is 1.94. The molecule has 0 aromatic carbocycles. The SMILES string of the molecule is CCOC(=O)c1nc(-c2ccc(C)o2)cs1. The van der Waals surface area contributed by atoms with Crippen molar-refractivity contribution in [3.63, 3.8) is 0 Å². The average molecular weight is 237 g/mol. The highest BCUT2D eigenvalue weighted by atomic mass is 32.1. The molecule has 0 atom stereocenters. The second kappa shape index (κ2) is 4.49. The Labute approximate surface area is 96.9 Å². The molecule has 0 N–H and O–H groups in total. The van der Waals surface area contributed by atoms with Crippen molar-refractivity contribution in [2.45, 2.75) is 13.8 Å². The summed E-state index contributed by atoms with van der Waals surface area (Å²) in [5.41, 5.74) is 0.668. The second-order valence-electron chi connectivity index (χ2n) is 3.17. The van der Waals surface area contributed by atoms with Crippen LogP contribution in [0.1, 0.15) is 22.5 Å². The summed E-state index contributed by atoms with van der Waals surface area (Å²) in [5.74, 6) is 1.10. The van der Waals surface area contributed by atoms with Gasteiger partial charge in [-0.2, -0.15) is 0 Å². The maximum Gasteiger partial charge on any atom is 0.367 e. The summed E-state index contributed by atoms with van der Waals surface area (Å²) in [5, 5.41) is 2.13. The minimum atomic E-state index is -0.387. The Morgan fingerprint density at radius 2 is 2.38 bits per heavy atom. The number of hydrogen-bond acceptors (Lipinski definition) is 5. The first-order chi connectivity index (χ1) is 7.70. The first-order valence-electron chi connectivity index (χ1n) is 4.90. The zero-order valence-corrected chi connectivity index (χ0v) is 9.84. The summed E-state index contributed by atoms with van der Waals surface area (Å²) >= 11 is 1.26. The van der Waals surface area contributed by atoms with Crippen molar-refractivity contribution in [1.82, 2.24) is 4.98 Å². The smallest absolute Gasteiger partial charge is 0.367 e. The van der Waals surface area contributed by atoms with Gasteiger partial charge in [0.25, 0.3) is 0 Å². The number of rotatable bonds is 3. The highest BCUT2D eigenvalue weighted by molar-refractivity contribution is 7.11. The molecule has 2 rings (SSSR count). The van der Waals surface area contributed by atoms with Crippen LogP contribution in [0, 0.1) is 6.92 Å². The maximum atomic E-state index is 11.4. The molecule has 0 bridgehead atoms. The third-order valence-electron chi connectivity index (χ3n) is 1.95. The van der Waals surface area contributed by atoms with Crippen LogP contribution in [0.3, 0.4) is 0 Å². The number of esters is 1. The zero-order valence-electron chi connectivity index (χ0n) is 9.02. The van der Waals surface area contributed by atoms with Gasteiger partial charge in [-0.3, -0.25) is 0 Å². The van der Waals surface area contributed by atoms with E-state index in [1.165, 1.54) is 11.3 Å². The van der Waals surface area contributed by atoms with Crippen LogP contribution in [-0.4, -0.2) is 17.6 Å². The molecule has 0 aliphatic heterocycles. The molecule has 16 heavy (non-hydrogen) atoms. The number of aromatic nitrogens is 1. The van der Waals surface area contributed by atoms with Crippen molar-refractivity contribution in [3.8, 4) is 11.5 Å². The van der Waals surface area contributed by atoms with Gasteiger partial charge in [-0.15, -0.1) is 11.3 Å². The summed E-state index contributed by atoms with van der Waals surface area (Å²) in [4.78, 5) is 15.6. The maximum absolute atomic E-state index is 11.4. The number of aryl methyl sites for hydroxylation is 1. The lowest BCUT2D eigenvalue weighted by Crippen LogP contribution is -2.03. The quantitative estimate of drug-likeness (QED) is 0.770. The Morgan fingerprint density at radius 3 is 3.00 bits per heavy atom. The minimum absolute atomic E-state index is 0.353. The van der Waals surface area contributed by atoms with E-state index < -0.39 is 0 Å². The molecule has 0 radical (unpaired) electrons. The average Bonchev–Trinajstić information content (AvgIpc) is 2.85. The number of carbonyl (C=O) groups is 1. The molecule has 4 nitrogen and oxygen atoms in total. The molecule has 2 heterocycles. The largest absolute Gasteiger partial charge is 0.461 e. The lowest BCUT2D eigenvalue weighted by molar-refractivity contribution is 0.0526. The van der Waals surface area contributed by atoms with Crippen molar-refractivity contribution >= 4 is 17.3 Å². The van der Waals surface area contributed by atoms with E-state index in [-0.39, 0.29) is 5.97 Å². The van der Waals surface area contributed by atoms with Crippen LogP contribution >= 0.6 is 11.3 Å². The molecule has 2 aromatic rings. The second-order valence-corrected chi connectivity index (χ2v) is 4.03. The normalized spacial score (nSPS) is 10.4. The zero-order chi connectivity index (χ0) is 11.5. The molecule has 0 saturated heterocycles. The van der Waals surface area contributed by atoms with E-state index >= 15 is 0 Å². The topological polar surface area (TPSA) is 52.3 Å². The lowest BCUT2D eigenvalue weighted by Gasteiger charge is -1.95. The molecule has 84 valence electrons. The van der Waals surface area contributed by atoms with Gasteiger partial charge in [0.2, 0.25) is 5.01 Å². The van der Waals surface area contributed by atoms with Gasteiger partial charge in [-0.05, 0) is 26.0 Å². The van der Waals surface area contributed by atoms with Crippen LogP contribution < -0.4 is 0 Å². The molecule has 0 spiro atoms. The molecule has 0 aliphatic carbocycles. The van der Waals surface area contributed by atoms with E-state index in [1.54, 1.807) is 12.3 Å². The Bertz CT molecular complexity index is 501. The Morgan fingerprint density at radius 1 is 1.56 bits per heavy atom. The van der Waals surface area contributed by atoms with Gasteiger partial charge in [0.1, 0.15) is 11.5 Å². The third-order valence-corrected chi connectivity index (χ3v) is 2.77. The van der Waals surface area contributed by atoms with Crippen LogP contribution in [0.25, 0.3) is 11.5 Å². The summed E-state index contributed by atoms with van der Waals surface area (Å²) in [7, 11) is 0. The molecule has 0 amide bonds. The summed E-state index contributed by atoms with van der Waals surface area (Å²) in [6, 6.07) is 3.69. The predicted molar refractivity (Wildman–Crippen MR) is 60.5 cm³/mol. The molecular formula is C11H11NO3S. The summed E-state index contributed by atoms with van der Waals surface area (Å²) < 4.78 is 10.3. The highest BCUT2D eigenvalue weighted by Gasteiger charge is 2.14. The van der Waals surface area contributed by atoms with Crippen LogP contribution in [0.4, 0.5) is 0 Å². The van der Waals surface area contributed by atoms with Gasteiger partial charge < -0.3 is 9.15 Å². The number of thiazole rings is 1. The van der Waals surface area contributed by atoms with Crippen LogP contribution in [0.5, 0.6) is 0 Å². The number of furan rings is 1. The van der Waals surface area contributed by atoms with E-state index in [0.717, 1.165) is 5.76 Å². The van der Waals surface area contributed by atoms with Gasteiger partial charge in [0.05, 0.1) is 6.61 Å². The van der Waals surface area contributed by atoms with Crippen LogP contribution in [-0.2, 0) is 4.74 Å². The van der Waals surface area contributed by atoms with Crippen molar-refractivity contribution in [1.29, 1.82) is 0 Å². The van der Waals surface area contributed by atoms with Crippen molar-refractivity contribution in [2.75, 3.05) is 6.61 Å². The molecule has 0 aliphatic rings. The van der Waals surface area contributed by atoms with Crippen molar-refractivity contribution in [2.24, 2.45) is 0 Å². The number of ether oxygens (including phenoxy) is 1. The molecular weight excluding hydrogens is 226 g/mol. The fraction of sp³-hybridized carbons (Fsp3) is 0.273. The first-order valence-corrected chi connectivity index (χ1v) is 5.78. The molecule has 0 saturated carbocycles. The molecule has 0 fully saturated rings. The standard InChI is InChI=1S/C11H11NO3S/c1-3-14-11(13)10-12-8(6-16-10)9-5-4-7(2)15-9/h4-6H,3H2,1-2H3. The molecule has 2 aromatic heterocycles. The minimum Gasteiger partial charge on any atom is -0.461 e. The van der Waals surface area contributed by atoms with Crippen LogP contribution in [0.2, 0.25) is 0 Å².